The zero-order chi connectivity index (χ0) is 18.7. The molecular weight excluding hydrogens is 364 g/mol. The molecule has 5 nitrogen and oxygen atoms in total. The largest absolute Gasteiger partial charge is 0.297 e. The molecule has 0 aliphatic heterocycles. The van der Waals surface area contributed by atoms with Crippen molar-refractivity contribution in [3.8, 4) is 11.4 Å². The molecule has 0 fully saturated rings. The van der Waals surface area contributed by atoms with Crippen LogP contribution in [0.15, 0.2) is 17.3 Å². The Labute approximate surface area is 159 Å². The van der Waals surface area contributed by atoms with Crippen LogP contribution in [0.25, 0.3) is 21.9 Å². The lowest BCUT2D eigenvalue weighted by molar-refractivity contribution is 0.684. The summed E-state index contributed by atoms with van der Waals surface area (Å²) in [5, 5.41) is 4.86. The van der Waals surface area contributed by atoms with E-state index >= 15 is 0 Å². The number of aryl methyl sites for hydroxylation is 3. The minimum Gasteiger partial charge on any atom is -0.297 e. The summed E-state index contributed by atoms with van der Waals surface area (Å²) in [5.74, 6) is 0.557. The number of imidazole rings is 1. The van der Waals surface area contributed by atoms with E-state index < -0.39 is 10.8 Å². The Morgan fingerprint density at radius 3 is 2.46 bits per heavy atom. The van der Waals surface area contributed by atoms with E-state index in [4.69, 9.17) is 10.1 Å². The van der Waals surface area contributed by atoms with Gasteiger partial charge in [0, 0.05) is 28.7 Å². The number of thiazole rings is 1. The first-order valence-electron chi connectivity index (χ1n) is 8.66. The molecule has 4 aromatic rings. The Morgan fingerprint density at radius 1 is 1.08 bits per heavy atom. The lowest BCUT2D eigenvalue weighted by Gasteiger charge is -2.12. The number of pyridine rings is 1. The second-order valence-corrected chi connectivity index (χ2v) is 9.58. The van der Waals surface area contributed by atoms with Gasteiger partial charge in [0.25, 0.3) is 0 Å². The molecule has 136 valence electrons. The standard InChI is InChI=1S/C19H22N4OS2/c1-7-26(24)18-16(15-9-22-8-10(2)25-19(22)20-15)21-23-14(6)12(4)11(3)13(5)17(18)23/h8-9H,7H2,1-6H3. The van der Waals surface area contributed by atoms with Gasteiger partial charge in [-0.3, -0.25) is 8.61 Å². The Kier molecular flexibility index (Phi) is 4.04. The van der Waals surface area contributed by atoms with E-state index in [0.29, 0.717) is 5.75 Å². The van der Waals surface area contributed by atoms with Gasteiger partial charge in [-0.15, -0.1) is 11.3 Å². The number of aromatic nitrogens is 4. The molecular formula is C19H22N4OS2. The molecule has 1 unspecified atom stereocenters. The third-order valence-electron chi connectivity index (χ3n) is 5.19. The van der Waals surface area contributed by atoms with Crippen LogP contribution in [0.4, 0.5) is 0 Å². The van der Waals surface area contributed by atoms with Crippen molar-refractivity contribution in [2.75, 3.05) is 5.75 Å². The second kappa shape index (κ2) is 6.03. The van der Waals surface area contributed by atoms with E-state index in [1.807, 2.05) is 22.0 Å². The van der Waals surface area contributed by atoms with Crippen molar-refractivity contribution in [3.05, 3.63) is 39.7 Å². The molecule has 1 atom stereocenters. The van der Waals surface area contributed by atoms with Gasteiger partial charge in [0.2, 0.25) is 0 Å². The predicted molar refractivity (Wildman–Crippen MR) is 108 cm³/mol. The van der Waals surface area contributed by atoms with Crippen LogP contribution in [0.2, 0.25) is 0 Å². The van der Waals surface area contributed by atoms with Crippen LogP contribution < -0.4 is 0 Å². The predicted octanol–water partition coefficient (Wildman–Crippen LogP) is 4.38. The normalized spacial score (nSPS) is 13.2. The summed E-state index contributed by atoms with van der Waals surface area (Å²) < 4.78 is 17.0. The topological polar surface area (TPSA) is 51.7 Å². The molecule has 0 saturated heterocycles. The van der Waals surface area contributed by atoms with Crippen LogP contribution in [0.5, 0.6) is 0 Å². The lowest BCUT2D eigenvalue weighted by Crippen LogP contribution is -2.03. The molecule has 7 heteroatoms. The molecule has 4 rings (SSSR count). The van der Waals surface area contributed by atoms with E-state index in [1.54, 1.807) is 11.3 Å². The van der Waals surface area contributed by atoms with Crippen molar-refractivity contribution in [1.82, 2.24) is 19.0 Å². The summed E-state index contributed by atoms with van der Waals surface area (Å²) >= 11 is 1.65. The number of fused-ring (bicyclic) bond motifs is 2. The SMILES string of the molecule is CCS(=O)c1c(-c2cn3cc(C)sc3n2)nn2c(C)c(C)c(C)c(C)c12. The number of rotatable bonds is 3. The smallest absolute Gasteiger partial charge is 0.194 e. The van der Waals surface area contributed by atoms with Crippen LogP contribution in [-0.2, 0) is 10.8 Å². The molecule has 4 aromatic heterocycles. The average Bonchev–Trinajstić information content (AvgIpc) is 3.27. The Hall–Kier alpha value is -1.99. The summed E-state index contributed by atoms with van der Waals surface area (Å²) in [6.07, 6.45) is 4.05. The highest BCUT2D eigenvalue weighted by Crippen LogP contribution is 2.34. The van der Waals surface area contributed by atoms with Crippen molar-refractivity contribution >= 4 is 32.6 Å². The maximum atomic E-state index is 13.0. The van der Waals surface area contributed by atoms with Crippen LogP contribution in [0.3, 0.4) is 0 Å². The first kappa shape index (κ1) is 17.4. The molecule has 0 radical (unpaired) electrons. The summed E-state index contributed by atoms with van der Waals surface area (Å²) in [4.78, 5) is 7.70. The molecule has 0 N–H and O–H groups in total. The van der Waals surface area contributed by atoms with Crippen LogP contribution >= 0.6 is 11.3 Å². The molecule has 0 spiro atoms. The Morgan fingerprint density at radius 2 is 1.81 bits per heavy atom. The first-order chi connectivity index (χ1) is 12.3. The van der Waals surface area contributed by atoms with Gasteiger partial charge in [-0.05, 0) is 51.3 Å². The highest BCUT2D eigenvalue weighted by atomic mass is 32.2. The van der Waals surface area contributed by atoms with Gasteiger partial charge < -0.3 is 0 Å². The van der Waals surface area contributed by atoms with Gasteiger partial charge in [0.15, 0.2) is 4.96 Å². The van der Waals surface area contributed by atoms with Crippen molar-refractivity contribution in [2.24, 2.45) is 0 Å². The van der Waals surface area contributed by atoms with Crippen molar-refractivity contribution in [3.63, 3.8) is 0 Å². The van der Waals surface area contributed by atoms with Gasteiger partial charge in [0.05, 0.1) is 21.2 Å². The number of hydrogen-bond donors (Lipinski definition) is 0. The van der Waals surface area contributed by atoms with Gasteiger partial charge in [-0.1, -0.05) is 6.92 Å². The van der Waals surface area contributed by atoms with Gasteiger partial charge in [0.1, 0.15) is 11.4 Å². The van der Waals surface area contributed by atoms with Crippen LogP contribution in [-0.4, -0.2) is 29.0 Å². The minimum absolute atomic E-state index is 0.557. The third kappa shape index (κ3) is 2.37. The van der Waals surface area contributed by atoms with Gasteiger partial charge in [-0.2, -0.15) is 5.10 Å². The maximum absolute atomic E-state index is 13.0. The van der Waals surface area contributed by atoms with Crippen LogP contribution in [0.1, 0.15) is 34.2 Å². The van der Waals surface area contributed by atoms with E-state index in [2.05, 4.69) is 40.8 Å². The van der Waals surface area contributed by atoms with Crippen molar-refractivity contribution in [1.29, 1.82) is 0 Å². The molecule has 0 bridgehead atoms. The lowest BCUT2D eigenvalue weighted by atomic mass is 10.0. The fourth-order valence-corrected chi connectivity index (χ4v) is 5.33. The average molecular weight is 387 g/mol. The molecule has 26 heavy (non-hydrogen) atoms. The highest BCUT2D eigenvalue weighted by Gasteiger charge is 2.25. The molecule has 0 saturated carbocycles. The molecule has 0 amide bonds. The number of hydrogen-bond acceptors (Lipinski definition) is 4. The van der Waals surface area contributed by atoms with E-state index in [0.717, 1.165) is 38.0 Å². The monoisotopic (exact) mass is 386 g/mol. The fourth-order valence-electron chi connectivity index (χ4n) is 3.42. The zero-order valence-electron chi connectivity index (χ0n) is 15.9. The summed E-state index contributed by atoms with van der Waals surface area (Å²) in [6, 6.07) is 0. The van der Waals surface area contributed by atoms with E-state index in [9.17, 15) is 4.21 Å². The Balaban J connectivity index is 2.11. The third-order valence-corrected chi connectivity index (χ3v) is 7.47. The zero-order valence-corrected chi connectivity index (χ0v) is 17.5. The van der Waals surface area contributed by atoms with Gasteiger partial charge >= 0.3 is 0 Å². The Bertz CT molecular complexity index is 1160. The quantitative estimate of drug-likeness (QED) is 0.525. The van der Waals surface area contributed by atoms with Gasteiger partial charge in [-0.25, -0.2) is 9.50 Å². The molecule has 4 heterocycles. The second-order valence-electron chi connectivity index (χ2n) is 6.69. The summed E-state index contributed by atoms with van der Waals surface area (Å²) in [7, 11) is -1.12. The first-order valence-corrected chi connectivity index (χ1v) is 10.8. The van der Waals surface area contributed by atoms with Crippen molar-refractivity contribution in [2.45, 2.75) is 46.4 Å². The highest BCUT2D eigenvalue weighted by molar-refractivity contribution is 7.85. The van der Waals surface area contributed by atoms with E-state index in [1.165, 1.54) is 16.0 Å². The maximum Gasteiger partial charge on any atom is 0.194 e. The summed E-state index contributed by atoms with van der Waals surface area (Å²) in [5.41, 5.74) is 7.16. The fraction of sp³-hybridized carbons (Fsp3) is 0.368. The molecule has 0 aliphatic rings. The van der Waals surface area contributed by atoms with Crippen molar-refractivity contribution < 1.29 is 4.21 Å². The molecule has 0 aliphatic carbocycles. The van der Waals surface area contributed by atoms with Crippen LogP contribution in [0, 0.1) is 34.6 Å². The summed E-state index contributed by atoms with van der Waals surface area (Å²) in [6.45, 7) is 12.4. The number of nitrogens with zero attached hydrogens (tertiary/aromatic N) is 4. The minimum atomic E-state index is -1.12. The van der Waals surface area contributed by atoms with E-state index in [-0.39, 0.29) is 0 Å². The molecule has 0 aromatic carbocycles.